The molecule has 0 bridgehead atoms. The number of pyridine rings is 1. The summed E-state index contributed by atoms with van der Waals surface area (Å²) in [5, 5.41) is 0. The third-order valence-corrected chi connectivity index (χ3v) is 6.50. The molecule has 2 fully saturated rings. The lowest BCUT2D eigenvalue weighted by atomic mass is 10.0. The van der Waals surface area contributed by atoms with Crippen molar-refractivity contribution < 1.29 is 22.0 Å². The molecule has 0 unspecified atom stereocenters. The first-order chi connectivity index (χ1) is 12.2. The molecular weight excluding hydrogens is 364 g/mol. The molecule has 3 rings (SSSR count). The summed E-state index contributed by atoms with van der Waals surface area (Å²) in [5.41, 5.74) is 0.644. The summed E-state index contributed by atoms with van der Waals surface area (Å²) in [6.45, 7) is 5.28. The molecule has 6 nitrogen and oxygen atoms in total. The van der Waals surface area contributed by atoms with Crippen molar-refractivity contribution in [2.45, 2.75) is 25.9 Å². The monoisotopic (exact) mass is 385 g/mol. The van der Waals surface area contributed by atoms with Crippen LogP contribution in [-0.2, 0) is 9.84 Å². The van der Waals surface area contributed by atoms with Crippen molar-refractivity contribution in [3.63, 3.8) is 0 Å². The standard InChI is InChI=1S/C17H21F2N3O3S/c1-11(2)3-4-21-5-6-22(15-10-26(24,25)9-14(15)21)17(23)16-13(19)7-12(18)8-20-16/h3,7-8,14-15H,4-6,9-10H2,1-2H3/t14-,15+/m1/s1. The fraction of sp³-hybridized carbons (Fsp3) is 0.529. The van der Waals surface area contributed by atoms with Gasteiger partial charge in [-0.25, -0.2) is 22.2 Å². The van der Waals surface area contributed by atoms with Gasteiger partial charge in [0.15, 0.2) is 21.3 Å². The fourth-order valence-electron chi connectivity index (χ4n) is 3.51. The van der Waals surface area contributed by atoms with E-state index in [1.807, 2.05) is 24.8 Å². The lowest BCUT2D eigenvalue weighted by molar-refractivity contribution is 0.0359. The van der Waals surface area contributed by atoms with Crippen molar-refractivity contribution >= 4 is 15.7 Å². The van der Waals surface area contributed by atoms with Gasteiger partial charge in [-0.1, -0.05) is 11.6 Å². The molecule has 0 aliphatic carbocycles. The fourth-order valence-corrected chi connectivity index (χ4v) is 5.52. The molecule has 2 aliphatic heterocycles. The van der Waals surface area contributed by atoms with Crippen molar-refractivity contribution in [2.75, 3.05) is 31.1 Å². The maximum atomic E-state index is 14.0. The molecule has 0 spiro atoms. The molecule has 9 heteroatoms. The number of sulfone groups is 1. The van der Waals surface area contributed by atoms with E-state index >= 15 is 0 Å². The third-order valence-electron chi connectivity index (χ3n) is 4.80. The minimum Gasteiger partial charge on any atom is -0.330 e. The van der Waals surface area contributed by atoms with E-state index in [-0.39, 0.29) is 24.1 Å². The molecule has 1 aromatic rings. The lowest BCUT2D eigenvalue weighted by Crippen LogP contribution is -2.60. The van der Waals surface area contributed by atoms with Gasteiger partial charge in [-0.2, -0.15) is 0 Å². The average Bonchev–Trinajstić information content (AvgIpc) is 2.87. The number of hydrogen-bond acceptors (Lipinski definition) is 5. The molecule has 0 radical (unpaired) electrons. The number of allylic oxidation sites excluding steroid dienone is 1. The average molecular weight is 385 g/mol. The zero-order valence-electron chi connectivity index (χ0n) is 14.7. The van der Waals surface area contributed by atoms with Crippen LogP contribution in [0.3, 0.4) is 0 Å². The smallest absolute Gasteiger partial charge is 0.275 e. The molecule has 2 saturated heterocycles. The minimum absolute atomic E-state index is 0.0304. The van der Waals surface area contributed by atoms with Crippen LogP contribution >= 0.6 is 0 Å². The van der Waals surface area contributed by atoms with E-state index in [0.717, 1.165) is 11.8 Å². The van der Waals surface area contributed by atoms with Crippen LogP contribution in [0.2, 0.25) is 0 Å². The van der Waals surface area contributed by atoms with Crippen LogP contribution in [0.15, 0.2) is 23.9 Å². The van der Waals surface area contributed by atoms with E-state index in [4.69, 9.17) is 0 Å². The molecule has 26 heavy (non-hydrogen) atoms. The molecule has 2 atom stereocenters. The van der Waals surface area contributed by atoms with E-state index in [2.05, 4.69) is 4.98 Å². The van der Waals surface area contributed by atoms with Crippen LogP contribution in [0.1, 0.15) is 24.3 Å². The Morgan fingerprint density at radius 3 is 2.62 bits per heavy atom. The van der Waals surface area contributed by atoms with Crippen molar-refractivity contribution in [1.29, 1.82) is 0 Å². The Balaban J connectivity index is 1.88. The predicted octanol–water partition coefficient (Wildman–Crippen LogP) is 1.25. The SMILES string of the molecule is CC(C)=CCN1CCN(C(=O)c2ncc(F)cc2F)[C@H]2CS(=O)(=O)C[C@H]21. The largest absolute Gasteiger partial charge is 0.330 e. The number of hydrogen-bond donors (Lipinski definition) is 0. The van der Waals surface area contributed by atoms with Crippen LogP contribution in [0.4, 0.5) is 8.78 Å². The van der Waals surface area contributed by atoms with Gasteiger partial charge >= 0.3 is 0 Å². The third kappa shape index (κ3) is 3.78. The first kappa shape index (κ1) is 18.9. The highest BCUT2D eigenvalue weighted by atomic mass is 32.2. The van der Waals surface area contributed by atoms with Crippen molar-refractivity contribution in [3.8, 4) is 0 Å². The first-order valence-corrected chi connectivity index (χ1v) is 10.2. The number of carbonyl (C=O) groups is 1. The van der Waals surface area contributed by atoms with E-state index in [0.29, 0.717) is 19.2 Å². The van der Waals surface area contributed by atoms with Crippen molar-refractivity contribution in [2.24, 2.45) is 0 Å². The molecular formula is C17H21F2N3O3S. The summed E-state index contributed by atoms with van der Waals surface area (Å²) in [6.07, 6.45) is 2.80. The Morgan fingerprint density at radius 2 is 1.96 bits per heavy atom. The first-order valence-electron chi connectivity index (χ1n) is 8.38. The highest BCUT2D eigenvalue weighted by molar-refractivity contribution is 7.91. The van der Waals surface area contributed by atoms with Crippen LogP contribution in [0.25, 0.3) is 0 Å². The molecule has 2 aliphatic rings. The van der Waals surface area contributed by atoms with E-state index in [9.17, 15) is 22.0 Å². The summed E-state index contributed by atoms with van der Waals surface area (Å²) in [6, 6.07) is -0.288. The van der Waals surface area contributed by atoms with Crippen LogP contribution in [0, 0.1) is 11.6 Å². The quantitative estimate of drug-likeness (QED) is 0.733. The van der Waals surface area contributed by atoms with Gasteiger partial charge in [0, 0.05) is 31.7 Å². The van der Waals surface area contributed by atoms with Gasteiger partial charge in [-0.05, 0) is 13.8 Å². The Kier molecular flexibility index (Phi) is 5.12. The Bertz CT molecular complexity index is 853. The Hall–Kier alpha value is -1.87. The molecule has 1 aromatic heterocycles. The molecule has 0 saturated carbocycles. The van der Waals surface area contributed by atoms with Gasteiger partial charge in [0.25, 0.3) is 5.91 Å². The highest BCUT2D eigenvalue weighted by Crippen LogP contribution is 2.28. The number of aromatic nitrogens is 1. The van der Waals surface area contributed by atoms with Gasteiger partial charge in [0.1, 0.15) is 5.82 Å². The number of carbonyl (C=O) groups excluding carboxylic acids is 1. The second-order valence-corrected chi connectivity index (χ2v) is 9.12. The summed E-state index contributed by atoms with van der Waals surface area (Å²) < 4.78 is 51.4. The number of halogens is 2. The molecule has 142 valence electrons. The van der Waals surface area contributed by atoms with E-state index in [1.54, 1.807) is 0 Å². The molecule has 3 heterocycles. The van der Waals surface area contributed by atoms with Crippen LogP contribution < -0.4 is 0 Å². The summed E-state index contributed by atoms with van der Waals surface area (Å²) in [4.78, 5) is 19.7. The topological polar surface area (TPSA) is 70.6 Å². The normalized spacial score (nSPS) is 25.0. The summed E-state index contributed by atoms with van der Waals surface area (Å²) in [7, 11) is -3.30. The second kappa shape index (κ2) is 7.03. The van der Waals surface area contributed by atoms with Crippen LogP contribution in [-0.4, -0.2) is 72.3 Å². The van der Waals surface area contributed by atoms with Gasteiger partial charge in [0.05, 0.1) is 23.7 Å². The minimum atomic E-state index is -3.30. The van der Waals surface area contributed by atoms with Crippen molar-refractivity contribution in [1.82, 2.24) is 14.8 Å². The predicted molar refractivity (Wildman–Crippen MR) is 92.4 cm³/mol. The highest BCUT2D eigenvalue weighted by Gasteiger charge is 2.48. The van der Waals surface area contributed by atoms with Crippen molar-refractivity contribution in [3.05, 3.63) is 41.2 Å². The van der Waals surface area contributed by atoms with E-state index < -0.39 is 39.1 Å². The Morgan fingerprint density at radius 1 is 1.27 bits per heavy atom. The van der Waals surface area contributed by atoms with Gasteiger partial charge in [-0.15, -0.1) is 0 Å². The zero-order valence-corrected chi connectivity index (χ0v) is 15.5. The summed E-state index contributed by atoms with van der Waals surface area (Å²) in [5.74, 6) is -2.79. The van der Waals surface area contributed by atoms with Crippen LogP contribution in [0.5, 0.6) is 0 Å². The molecule has 0 aromatic carbocycles. The lowest BCUT2D eigenvalue weighted by Gasteiger charge is -2.43. The summed E-state index contributed by atoms with van der Waals surface area (Å²) >= 11 is 0. The van der Waals surface area contributed by atoms with Gasteiger partial charge < -0.3 is 4.90 Å². The number of amides is 1. The second-order valence-electron chi connectivity index (χ2n) is 6.97. The molecule has 1 amide bonds. The van der Waals surface area contributed by atoms with Gasteiger partial charge in [-0.3, -0.25) is 9.69 Å². The number of fused-ring (bicyclic) bond motifs is 1. The van der Waals surface area contributed by atoms with Gasteiger partial charge in [0.2, 0.25) is 0 Å². The number of piperazine rings is 1. The molecule has 0 N–H and O–H groups in total. The number of rotatable bonds is 3. The maximum absolute atomic E-state index is 14.0. The maximum Gasteiger partial charge on any atom is 0.275 e. The Labute approximate surface area is 151 Å². The zero-order chi connectivity index (χ0) is 19.1. The number of nitrogens with zero attached hydrogens (tertiary/aromatic N) is 3. The van der Waals surface area contributed by atoms with E-state index in [1.165, 1.54) is 4.90 Å².